The van der Waals surface area contributed by atoms with Crippen molar-refractivity contribution in [3.05, 3.63) is 36.1 Å². The van der Waals surface area contributed by atoms with Crippen molar-refractivity contribution in [3.8, 4) is 0 Å². The smallest absolute Gasteiger partial charge is 0.201 e. The zero-order valence-corrected chi connectivity index (χ0v) is 11.4. The molecule has 0 aliphatic heterocycles. The van der Waals surface area contributed by atoms with E-state index < -0.39 is 0 Å². The summed E-state index contributed by atoms with van der Waals surface area (Å²) in [6.45, 7) is 2.22. The number of carbonyl (C=O) groups is 1. The Morgan fingerprint density at radius 3 is 2.95 bits per heavy atom. The van der Waals surface area contributed by atoms with Gasteiger partial charge < -0.3 is 4.42 Å². The minimum Gasteiger partial charge on any atom is -0.453 e. The van der Waals surface area contributed by atoms with Crippen LogP contribution in [0.3, 0.4) is 0 Å². The van der Waals surface area contributed by atoms with E-state index in [4.69, 9.17) is 4.42 Å². The molecule has 1 aliphatic rings. The number of para-hydroxylation sites is 1. The molecule has 1 aromatic heterocycles. The molecule has 2 aromatic rings. The Bertz CT molecular complexity index is 549. The highest BCUT2D eigenvalue weighted by atomic mass is 16.3. The van der Waals surface area contributed by atoms with E-state index in [1.54, 1.807) is 0 Å². The third-order valence-corrected chi connectivity index (χ3v) is 4.40. The third-order valence-electron chi connectivity index (χ3n) is 4.40. The molecule has 1 aromatic carbocycles. The van der Waals surface area contributed by atoms with Gasteiger partial charge in [-0.25, -0.2) is 0 Å². The monoisotopic (exact) mass is 256 g/mol. The lowest BCUT2D eigenvalue weighted by molar-refractivity contribution is 0.0835. The van der Waals surface area contributed by atoms with E-state index in [9.17, 15) is 4.79 Å². The van der Waals surface area contributed by atoms with Gasteiger partial charge in [-0.05, 0) is 30.9 Å². The maximum absolute atomic E-state index is 12.5. The molecule has 0 bridgehead atoms. The first-order chi connectivity index (χ1) is 9.28. The van der Waals surface area contributed by atoms with Crippen LogP contribution >= 0.6 is 0 Å². The van der Waals surface area contributed by atoms with Crippen LogP contribution in [0.5, 0.6) is 0 Å². The molecule has 0 amide bonds. The Kier molecular flexibility index (Phi) is 3.41. The molecule has 1 fully saturated rings. The van der Waals surface area contributed by atoms with Gasteiger partial charge in [0.2, 0.25) is 5.78 Å². The molecule has 2 unspecified atom stereocenters. The van der Waals surface area contributed by atoms with Gasteiger partial charge >= 0.3 is 0 Å². The number of benzene rings is 1. The summed E-state index contributed by atoms with van der Waals surface area (Å²) < 4.78 is 5.70. The normalized spacial score (nSPS) is 23.6. The number of Topliss-reactive ketones (excluding diaryl/α,β-unsaturated/α-hetero) is 1. The van der Waals surface area contributed by atoms with E-state index in [0.29, 0.717) is 11.7 Å². The minimum atomic E-state index is 0.166. The van der Waals surface area contributed by atoms with E-state index in [-0.39, 0.29) is 11.7 Å². The molecule has 1 aliphatic carbocycles. The second-order valence-electron chi connectivity index (χ2n) is 5.65. The van der Waals surface area contributed by atoms with Gasteiger partial charge in [0.05, 0.1) is 0 Å². The molecule has 2 nitrogen and oxygen atoms in total. The second-order valence-corrected chi connectivity index (χ2v) is 5.65. The van der Waals surface area contributed by atoms with Gasteiger partial charge in [0.15, 0.2) is 5.76 Å². The summed E-state index contributed by atoms with van der Waals surface area (Å²) in [4.78, 5) is 12.5. The summed E-state index contributed by atoms with van der Waals surface area (Å²) in [5, 5.41) is 1.02. The highest BCUT2D eigenvalue weighted by molar-refractivity contribution is 5.99. The molecule has 2 heteroatoms. The highest BCUT2D eigenvalue weighted by Crippen LogP contribution is 2.34. The summed E-state index contributed by atoms with van der Waals surface area (Å²) in [7, 11) is 0. The van der Waals surface area contributed by atoms with Gasteiger partial charge in [0, 0.05) is 11.3 Å². The van der Waals surface area contributed by atoms with E-state index in [1.165, 1.54) is 19.3 Å². The summed E-state index contributed by atoms with van der Waals surface area (Å²) in [6, 6.07) is 9.72. The predicted molar refractivity (Wildman–Crippen MR) is 76.3 cm³/mol. The first-order valence-corrected chi connectivity index (χ1v) is 7.30. The van der Waals surface area contributed by atoms with Crippen LogP contribution in [0, 0.1) is 11.8 Å². The Balaban J connectivity index is 1.82. The molecule has 19 heavy (non-hydrogen) atoms. The van der Waals surface area contributed by atoms with Gasteiger partial charge in [-0.3, -0.25) is 4.79 Å². The Morgan fingerprint density at radius 1 is 1.32 bits per heavy atom. The van der Waals surface area contributed by atoms with Gasteiger partial charge in [0.1, 0.15) is 5.58 Å². The van der Waals surface area contributed by atoms with Crippen molar-refractivity contribution >= 4 is 16.8 Å². The predicted octanol–water partition coefficient (Wildman–Crippen LogP) is 4.83. The lowest BCUT2D eigenvalue weighted by Gasteiger charge is -2.26. The van der Waals surface area contributed by atoms with E-state index >= 15 is 0 Å². The highest BCUT2D eigenvalue weighted by Gasteiger charge is 2.28. The lowest BCUT2D eigenvalue weighted by Crippen LogP contribution is -2.22. The van der Waals surface area contributed by atoms with Gasteiger partial charge in [-0.1, -0.05) is 44.4 Å². The fourth-order valence-electron chi connectivity index (χ4n) is 3.20. The number of rotatable bonds is 3. The topological polar surface area (TPSA) is 30.2 Å². The van der Waals surface area contributed by atoms with Gasteiger partial charge in [-0.2, -0.15) is 0 Å². The van der Waals surface area contributed by atoms with Crippen LogP contribution in [-0.4, -0.2) is 5.78 Å². The fraction of sp³-hybridized carbons (Fsp3) is 0.471. The minimum absolute atomic E-state index is 0.166. The summed E-state index contributed by atoms with van der Waals surface area (Å²) in [5.41, 5.74) is 0.814. The number of ketones is 1. The first-order valence-electron chi connectivity index (χ1n) is 7.30. The molecular weight excluding hydrogens is 236 g/mol. The van der Waals surface area contributed by atoms with Crippen molar-refractivity contribution in [1.29, 1.82) is 0 Å². The SMILES string of the molecule is CCC1CCCC(C(=O)c2cc3ccccc3o2)C1. The molecule has 0 N–H and O–H groups in total. The Labute approximate surface area is 113 Å². The van der Waals surface area contributed by atoms with Gasteiger partial charge in [-0.15, -0.1) is 0 Å². The maximum atomic E-state index is 12.5. The van der Waals surface area contributed by atoms with Crippen molar-refractivity contribution in [1.82, 2.24) is 0 Å². The molecule has 100 valence electrons. The van der Waals surface area contributed by atoms with E-state index in [0.717, 1.165) is 23.8 Å². The lowest BCUT2D eigenvalue weighted by atomic mass is 9.78. The summed E-state index contributed by atoms with van der Waals surface area (Å²) >= 11 is 0. The molecule has 1 saturated carbocycles. The largest absolute Gasteiger partial charge is 0.453 e. The third kappa shape index (κ3) is 2.44. The van der Waals surface area contributed by atoms with Crippen molar-refractivity contribution in [2.24, 2.45) is 11.8 Å². The number of hydrogen-bond donors (Lipinski definition) is 0. The average molecular weight is 256 g/mol. The first kappa shape index (κ1) is 12.5. The second kappa shape index (κ2) is 5.20. The van der Waals surface area contributed by atoms with Crippen LogP contribution in [0.2, 0.25) is 0 Å². The molecule has 0 saturated heterocycles. The zero-order chi connectivity index (χ0) is 13.2. The maximum Gasteiger partial charge on any atom is 0.201 e. The molecule has 1 heterocycles. The Hall–Kier alpha value is -1.57. The van der Waals surface area contributed by atoms with Crippen molar-refractivity contribution in [2.45, 2.75) is 39.0 Å². The van der Waals surface area contributed by atoms with Gasteiger partial charge in [0.25, 0.3) is 0 Å². The number of carbonyl (C=O) groups excluding carboxylic acids is 1. The molecule has 0 radical (unpaired) electrons. The summed E-state index contributed by atoms with van der Waals surface area (Å²) in [5.74, 6) is 1.63. The van der Waals surface area contributed by atoms with Crippen LogP contribution in [0.25, 0.3) is 11.0 Å². The van der Waals surface area contributed by atoms with Crippen molar-refractivity contribution in [3.63, 3.8) is 0 Å². The molecule has 0 spiro atoms. The van der Waals surface area contributed by atoms with Crippen LogP contribution in [0.1, 0.15) is 49.6 Å². The summed E-state index contributed by atoms with van der Waals surface area (Å²) in [6.07, 6.45) is 5.69. The number of furan rings is 1. The van der Waals surface area contributed by atoms with Crippen LogP contribution < -0.4 is 0 Å². The Morgan fingerprint density at radius 2 is 2.16 bits per heavy atom. The molecule has 2 atom stereocenters. The number of fused-ring (bicyclic) bond motifs is 1. The average Bonchev–Trinajstić information content (AvgIpc) is 2.90. The van der Waals surface area contributed by atoms with Crippen molar-refractivity contribution < 1.29 is 9.21 Å². The van der Waals surface area contributed by atoms with Crippen LogP contribution in [-0.2, 0) is 0 Å². The van der Waals surface area contributed by atoms with Crippen LogP contribution in [0.15, 0.2) is 34.7 Å². The van der Waals surface area contributed by atoms with Crippen molar-refractivity contribution in [2.75, 3.05) is 0 Å². The van der Waals surface area contributed by atoms with Crippen LogP contribution in [0.4, 0.5) is 0 Å². The molecular formula is C17H20O2. The number of hydrogen-bond acceptors (Lipinski definition) is 2. The fourth-order valence-corrected chi connectivity index (χ4v) is 3.20. The van der Waals surface area contributed by atoms with E-state index in [2.05, 4.69) is 6.92 Å². The quantitative estimate of drug-likeness (QED) is 0.736. The molecule has 3 rings (SSSR count). The standard InChI is InChI=1S/C17H20O2/c1-2-12-6-5-8-14(10-12)17(18)16-11-13-7-3-4-9-15(13)19-16/h3-4,7,9,11-12,14H,2,5-6,8,10H2,1H3. The van der Waals surface area contributed by atoms with E-state index in [1.807, 2.05) is 30.3 Å². The zero-order valence-electron chi connectivity index (χ0n) is 11.4.